The number of hydroxylamine groups is 2. The van der Waals surface area contributed by atoms with E-state index in [1.165, 1.54) is 30.5 Å². The first-order valence-electron chi connectivity index (χ1n) is 11.1. The summed E-state index contributed by atoms with van der Waals surface area (Å²) in [6.07, 6.45) is 3.40. The van der Waals surface area contributed by atoms with Gasteiger partial charge in [0.25, 0.3) is 5.91 Å². The van der Waals surface area contributed by atoms with Gasteiger partial charge in [-0.2, -0.15) is 0 Å². The van der Waals surface area contributed by atoms with E-state index in [4.69, 9.17) is 16.3 Å². The Bertz CT molecular complexity index is 1310. The first-order chi connectivity index (χ1) is 17.2. The van der Waals surface area contributed by atoms with Crippen molar-refractivity contribution in [3.8, 4) is 11.5 Å². The van der Waals surface area contributed by atoms with Crippen LogP contribution in [0.1, 0.15) is 23.2 Å². The third-order valence-electron chi connectivity index (χ3n) is 6.17. The highest BCUT2D eigenvalue weighted by molar-refractivity contribution is 7.91. The van der Waals surface area contributed by atoms with E-state index in [-0.39, 0.29) is 43.1 Å². The highest BCUT2D eigenvalue weighted by Gasteiger charge is 2.44. The normalized spacial score (nSPS) is 15.2. The van der Waals surface area contributed by atoms with E-state index in [0.29, 0.717) is 27.1 Å². The van der Waals surface area contributed by atoms with Crippen LogP contribution in [0.2, 0.25) is 5.02 Å². The maximum Gasteiger partial charge on any atom is 0.255 e. The van der Waals surface area contributed by atoms with Crippen molar-refractivity contribution in [1.82, 2.24) is 14.9 Å². The molecule has 36 heavy (non-hydrogen) atoms. The number of halogens is 1. The van der Waals surface area contributed by atoms with Crippen LogP contribution < -0.4 is 4.74 Å². The standard InChI is InChI=1S/C25H24ClN3O6S/c26-20-3-5-21(6-4-20)35-22-7-9-23(10-8-22)36(33,34)17-25(29(32)18-30)11-14-28(15-12-25)24(31)19-2-1-13-27-16-19/h1-10,13,16,18,32H,11-12,14-15,17H2. The summed E-state index contributed by atoms with van der Waals surface area (Å²) in [5.41, 5.74) is -0.958. The van der Waals surface area contributed by atoms with Gasteiger partial charge in [0.2, 0.25) is 6.41 Å². The molecule has 188 valence electrons. The zero-order valence-electron chi connectivity index (χ0n) is 19.2. The van der Waals surface area contributed by atoms with Gasteiger partial charge in [-0.15, -0.1) is 0 Å². The largest absolute Gasteiger partial charge is 0.457 e. The zero-order valence-corrected chi connectivity index (χ0v) is 20.7. The fourth-order valence-electron chi connectivity index (χ4n) is 4.14. The van der Waals surface area contributed by atoms with Gasteiger partial charge in [-0.3, -0.25) is 19.8 Å². The summed E-state index contributed by atoms with van der Waals surface area (Å²) >= 11 is 5.87. The van der Waals surface area contributed by atoms with E-state index in [0.717, 1.165) is 0 Å². The summed E-state index contributed by atoms with van der Waals surface area (Å²) in [7, 11) is -3.91. The van der Waals surface area contributed by atoms with Gasteiger partial charge in [0.05, 0.1) is 21.8 Å². The minimum atomic E-state index is -3.91. The third kappa shape index (κ3) is 5.67. The lowest BCUT2D eigenvalue weighted by atomic mass is 9.89. The number of carbonyl (C=O) groups excluding carboxylic acids is 2. The molecule has 1 aromatic heterocycles. The topological polar surface area (TPSA) is 117 Å². The number of benzene rings is 2. The van der Waals surface area contributed by atoms with Crippen LogP contribution in [0.3, 0.4) is 0 Å². The SMILES string of the molecule is O=CN(O)C1(CS(=O)(=O)c2ccc(Oc3ccc(Cl)cc3)cc2)CCN(C(=O)c2cccnc2)CC1. The van der Waals surface area contributed by atoms with Gasteiger partial charge in [-0.1, -0.05) is 11.6 Å². The molecule has 0 bridgehead atoms. The van der Waals surface area contributed by atoms with E-state index in [2.05, 4.69) is 4.98 Å². The molecular formula is C25H24ClN3O6S. The number of ether oxygens (including phenoxy) is 1. The van der Waals surface area contributed by atoms with E-state index < -0.39 is 21.1 Å². The summed E-state index contributed by atoms with van der Waals surface area (Å²) in [5, 5.41) is 11.4. The minimum absolute atomic E-state index is 0.0264. The van der Waals surface area contributed by atoms with Crippen molar-refractivity contribution >= 4 is 33.8 Å². The monoisotopic (exact) mass is 529 g/mol. The average Bonchev–Trinajstić information content (AvgIpc) is 2.90. The maximum absolute atomic E-state index is 13.3. The van der Waals surface area contributed by atoms with Gasteiger partial charge in [-0.05, 0) is 73.5 Å². The molecule has 1 aliphatic rings. The molecule has 0 spiro atoms. The fraction of sp³-hybridized carbons (Fsp3) is 0.240. The molecule has 2 heterocycles. The number of piperidine rings is 1. The van der Waals surface area contributed by atoms with E-state index in [9.17, 15) is 23.2 Å². The molecule has 2 aromatic carbocycles. The van der Waals surface area contributed by atoms with Crippen LogP contribution in [-0.2, 0) is 14.6 Å². The van der Waals surface area contributed by atoms with E-state index >= 15 is 0 Å². The highest BCUT2D eigenvalue weighted by Crippen LogP contribution is 2.32. The number of rotatable bonds is 8. The lowest BCUT2D eigenvalue weighted by molar-refractivity contribution is -0.182. The smallest absolute Gasteiger partial charge is 0.255 e. The van der Waals surface area contributed by atoms with Crippen LogP contribution in [0, 0.1) is 0 Å². The molecule has 1 saturated heterocycles. The molecule has 1 aliphatic heterocycles. The number of hydrogen-bond donors (Lipinski definition) is 1. The summed E-state index contributed by atoms with van der Waals surface area (Å²) in [6.45, 7) is 0.337. The summed E-state index contributed by atoms with van der Waals surface area (Å²) in [4.78, 5) is 29.8. The summed E-state index contributed by atoms with van der Waals surface area (Å²) in [6, 6.07) is 15.9. The number of aromatic nitrogens is 1. The molecular weight excluding hydrogens is 506 g/mol. The molecule has 0 aliphatic carbocycles. The lowest BCUT2D eigenvalue weighted by Gasteiger charge is -2.44. The van der Waals surface area contributed by atoms with Crippen LogP contribution in [0.4, 0.5) is 0 Å². The number of pyridine rings is 1. The molecule has 0 unspecified atom stereocenters. The molecule has 0 saturated carbocycles. The second kappa shape index (κ2) is 10.7. The first-order valence-corrected chi connectivity index (χ1v) is 13.1. The predicted octanol–water partition coefficient (Wildman–Crippen LogP) is 3.82. The quantitative estimate of drug-likeness (QED) is 0.268. The summed E-state index contributed by atoms with van der Waals surface area (Å²) in [5.74, 6) is 0.237. The van der Waals surface area contributed by atoms with Crippen LogP contribution in [-0.4, -0.2) is 65.3 Å². The van der Waals surface area contributed by atoms with Gasteiger partial charge in [0, 0.05) is 30.5 Å². The third-order valence-corrected chi connectivity index (χ3v) is 8.33. The van der Waals surface area contributed by atoms with Crippen molar-refractivity contribution in [2.45, 2.75) is 23.3 Å². The predicted molar refractivity (Wildman–Crippen MR) is 132 cm³/mol. The Morgan fingerprint density at radius 3 is 2.25 bits per heavy atom. The molecule has 1 fully saturated rings. The Balaban J connectivity index is 1.47. The molecule has 4 rings (SSSR count). The van der Waals surface area contributed by atoms with Crippen LogP contribution in [0.15, 0.2) is 78.0 Å². The van der Waals surface area contributed by atoms with Crippen molar-refractivity contribution in [3.63, 3.8) is 0 Å². The number of nitrogens with zero attached hydrogens (tertiary/aromatic N) is 3. The second-order valence-corrected chi connectivity index (χ2v) is 10.9. The molecule has 3 aromatic rings. The maximum atomic E-state index is 13.3. The molecule has 9 nitrogen and oxygen atoms in total. The molecule has 0 atom stereocenters. The van der Waals surface area contributed by atoms with Crippen molar-refractivity contribution in [1.29, 1.82) is 0 Å². The van der Waals surface area contributed by atoms with Gasteiger partial charge in [0.1, 0.15) is 11.5 Å². The number of likely N-dealkylation sites (tertiary alicyclic amines) is 1. The van der Waals surface area contributed by atoms with E-state index in [1.54, 1.807) is 47.5 Å². The Morgan fingerprint density at radius 2 is 1.69 bits per heavy atom. The van der Waals surface area contributed by atoms with Crippen LogP contribution in [0.5, 0.6) is 11.5 Å². The van der Waals surface area contributed by atoms with Crippen LogP contribution >= 0.6 is 11.6 Å². The van der Waals surface area contributed by atoms with Gasteiger partial charge in [-0.25, -0.2) is 13.5 Å². The first kappa shape index (κ1) is 25.6. The summed E-state index contributed by atoms with van der Waals surface area (Å²) < 4.78 is 32.3. The fourth-order valence-corrected chi connectivity index (χ4v) is 6.11. The molecule has 11 heteroatoms. The Hall–Kier alpha value is -3.47. The van der Waals surface area contributed by atoms with Crippen molar-refractivity contribution in [2.75, 3.05) is 18.8 Å². The molecule has 2 amide bonds. The van der Waals surface area contributed by atoms with Crippen molar-refractivity contribution in [2.24, 2.45) is 0 Å². The number of carbonyl (C=O) groups is 2. The van der Waals surface area contributed by atoms with Gasteiger partial charge < -0.3 is 9.64 Å². The van der Waals surface area contributed by atoms with Crippen molar-refractivity contribution in [3.05, 3.63) is 83.6 Å². The highest BCUT2D eigenvalue weighted by atomic mass is 35.5. The minimum Gasteiger partial charge on any atom is -0.457 e. The van der Waals surface area contributed by atoms with E-state index in [1.807, 2.05) is 0 Å². The van der Waals surface area contributed by atoms with Gasteiger partial charge in [0.15, 0.2) is 9.84 Å². The Kier molecular flexibility index (Phi) is 7.58. The number of sulfone groups is 1. The zero-order chi connectivity index (χ0) is 25.8. The van der Waals surface area contributed by atoms with Crippen molar-refractivity contribution < 1.29 is 28.0 Å². The lowest BCUT2D eigenvalue weighted by Crippen LogP contribution is -2.58. The Labute approximate surface area is 213 Å². The number of amides is 2. The van der Waals surface area contributed by atoms with Crippen LogP contribution in [0.25, 0.3) is 0 Å². The molecule has 0 radical (unpaired) electrons. The molecule has 1 N–H and O–H groups in total. The average molecular weight is 530 g/mol. The van der Waals surface area contributed by atoms with Gasteiger partial charge >= 0.3 is 0 Å². The Morgan fingerprint density at radius 1 is 1.08 bits per heavy atom. The number of hydrogen-bond acceptors (Lipinski definition) is 7. The second-order valence-electron chi connectivity index (χ2n) is 8.49.